The molecular formula is C16H16F2N2O. The van der Waals surface area contributed by atoms with Gasteiger partial charge in [0.1, 0.15) is 11.6 Å². The summed E-state index contributed by atoms with van der Waals surface area (Å²) in [4.78, 5) is 0. The summed E-state index contributed by atoms with van der Waals surface area (Å²) in [7, 11) is 0. The van der Waals surface area contributed by atoms with Gasteiger partial charge in [-0.05, 0) is 35.7 Å². The van der Waals surface area contributed by atoms with Crippen molar-refractivity contribution < 1.29 is 13.5 Å². The van der Waals surface area contributed by atoms with Gasteiger partial charge in [0.25, 0.3) is 0 Å². The fraction of sp³-hybridized carbons (Fsp3) is 0.188. The minimum atomic E-state index is -0.895. The number of hydrogen-bond donors (Lipinski definition) is 2. The van der Waals surface area contributed by atoms with Crippen molar-refractivity contribution in [1.29, 1.82) is 5.41 Å². The fourth-order valence-electron chi connectivity index (χ4n) is 1.85. The van der Waals surface area contributed by atoms with Crippen molar-refractivity contribution in [3.63, 3.8) is 0 Å². The van der Waals surface area contributed by atoms with E-state index in [1.807, 2.05) is 12.1 Å². The third-order valence-corrected chi connectivity index (χ3v) is 3.08. The zero-order chi connectivity index (χ0) is 15.6. The quantitative estimate of drug-likeness (QED) is 0.656. The van der Waals surface area contributed by atoms with Crippen LogP contribution in [0.1, 0.15) is 30.9 Å². The number of amidine groups is 1. The Bertz CT molecular complexity index is 643. The Morgan fingerprint density at radius 3 is 2.05 bits per heavy atom. The summed E-state index contributed by atoms with van der Waals surface area (Å²) >= 11 is 0. The van der Waals surface area contributed by atoms with Crippen molar-refractivity contribution in [3.8, 4) is 11.5 Å². The highest BCUT2D eigenvalue weighted by Crippen LogP contribution is 2.29. The van der Waals surface area contributed by atoms with Crippen LogP contribution in [0.5, 0.6) is 11.5 Å². The minimum Gasteiger partial charge on any atom is -0.451 e. The Morgan fingerprint density at radius 1 is 1.10 bits per heavy atom. The van der Waals surface area contributed by atoms with Crippen LogP contribution in [-0.4, -0.2) is 5.84 Å². The largest absolute Gasteiger partial charge is 0.451 e. The van der Waals surface area contributed by atoms with Crippen LogP contribution in [0.4, 0.5) is 8.78 Å². The molecule has 0 unspecified atom stereocenters. The second-order valence-electron chi connectivity index (χ2n) is 5.01. The van der Waals surface area contributed by atoms with E-state index in [4.69, 9.17) is 15.9 Å². The molecule has 3 N–H and O–H groups in total. The van der Waals surface area contributed by atoms with E-state index in [0.717, 1.165) is 17.7 Å². The van der Waals surface area contributed by atoms with E-state index in [0.29, 0.717) is 11.7 Å². The normalized spacial score (nSPS) is 10.7. The number of benzene rings is 2. The number of ether oxygens (including phenoxy) is 1. The molecule has 0 aliphatic heterocycles. The average Bonchev–Trinajstić information content (AvgIpc) is 2.43. The van der Waals surface area contributed by atoms with Crippen LogP contribution < -0.4 is 10.5 Å². The van der Waals surface area contributed by atoms with Crippen LogP contribution in [-0.2, 0) is 0 Å². The first kappa shape index (κ1) is 15.0. The number of nitrogens with two attached hydrogens (primary N) is 1. The van der Waals surface area contributed by atoms with Crippen molar-refractivity contribution in [3.05, 3.63) is 59.2 Å². The van der Waals surface area contributed by atoms with Gasteiger partial charge in [-0.2, -0.15) is 0 Å². The van der Waals surface area contributed by atoms with Gasteiger partial charge in [0.15, 0.2) is 17.4 Å². The van der Waals surface area contributed by atoms with Crippen molar-refractivity contribution in [1.82, 2.24) is 0 Å². The molecule has 0 aliphatic rings. The van der Waals surface area contributed by atoms with Crippen LogP contribution in [0.2, 0.25) is 0 Å². The summed E-state index contributed by atoms with van der Waals surface area (Å²) < 4.78 is 32.9. The number of halogens is 2. The molecule has 0 spiro atoms. The topological polar surface area (TPSA) is 59.1 Å². The zero-order valence-corrected chi connectivity index (χ0v) is 11.8. The highest BCUT2D eigenvalue weighted by molar-refractivity contribution is 5.95. The standard InChI is InChI=1S/C16H16F2N2O/c1-9(2)10-3-5-12(6-4-10)21-15-13(17)7-11(16(19)20)8-14(15)18/h3-9H,1-2H3,(H3,19,20). The summed E-state index contributed by atoms with van der Waals surface area (Å²) in [6.07, 6.45) is 0. The van der Waals surface area contributed by atoms with Crippen LogP contribution in [0, 0.1) is 17.0 Å². The van der Waals surface area contributed by atoms with Gasteiger partial charge in [-0.25, -0.2) is 8.78 Å². The van der Waals surface area contributed by atoms with Crippen molar-refractivity contribution in [2.24, 2.45) is 5.73 Å². The molecule has 2 aromatic carbocycles. The fourth-order valence-corrected chi connectivity index (χ4v) is 1.85. The van der Waals surface area contributed by atoms with E-state index >= 15 is 0 Å². The van der Waals surface area contributed by atoms with Crippen molar-refractivity contribution >= 4 is 5.84 Å². The van der Waals surface area contributed by atoms with Gasteiger partial charge in [0.05, 0.1) is 0 Å². The maximum Gasteiger partial charge on any atom is 0.198 e. The van der Waals surface area contributed by atoms with Gasteiger partial charge < -0.3 is 10.5 Å². The molecule has 0 aliphatic carbocycles. The molecule has 21 heavy (non-hydrogen) atoms. The summed E-state index contributed by atoms with van der Waals surface area (Å²) in [6, 6.07) is 8.96. The van der Waals surface area contributed by atoms with E-state index in [2.05, 4.69) is 13.8 Å². The van der Waals surface area contributed by atoms with E-state index in [9.17, 15) is 8.78 Å². The van der Waals surface area contributed by atoms with Gasteiger partial charge in [0.2, 0.25) is 0 Å². The predicted octanol–water partition coefficient (Wildman–Crippen LogP) is 4.16. The van der Waals surface area contributed by atoms with Gasteiger partial charge in [-0.1, -0.05) is 26.0 Å². The van der Waals surface area contributed by atoms with Crippen molar-refractivity contribution in [2.75, 3.05) is 0 Å². The number of nitrogens with one attached hydrogen (secondary N) is 1. The molecule has 0 atom stereocenters. The lowest BCUT2D eigenvalue weighted by molar-refractivity contribution is 0.407. The lowest BCUT2D eigenvalue weighted by atomic mass is 10.0. The Morgan fingerprint density at radius 2 is 1.62 bits per heavy atom. The van der Waals surface area contributed by atoms with Gasteiger partial charge in [-0.3, -0.25) is 5.41 Å². The molecule has 0 amide bonds. The maximum absolute atomic E-state index is 13.8. The highest BCUT2D eigenvalue weighted by atomic mass is 19.1. The number of nitrogen functional groups attached to an aromatic ring is 1. The molecule has 0 saturated carbocycles. The number of hydrogen-bond acceptors (Lipinski definition) is 2. The Labute approximate surface area is 121 Å². The smallest absolute Gasteiger partial charge is 0.198 e. The predicted molar refractivity (Wildman–Crippen MR) is 78.0 cm³/mol. The van der Waals surface area contributed by atoms with Gasteiger partial charge >= 0.3 is 0 Å². The van der Waals surface area contributed by atoms with Crippen molar-refractivity contribution in [2.45, 2.75) is 19.8 Å². The SMILES string of the molecule is CC(C)c1ccc(Oc2c(F)cc(C(=N)N)cc2F)cc1. The first-order valence-corrected chi connectivity index (χ1v) is 6.49. The molecule has 3 nitrogen and oxygen atoms in total. The third-order valence-electron chi connectivity index (χ3n) is 3.08. The molecule has 0 aromatic heterocycles. The second-order valence-corrected chi connectivity index (χ2v) is 5.01. The van der Waals surface area contributed by atoms with Crippen LogP contribution in [0.15, 0.2) is 36.4 Å². The Hall–Kier alpha value is -2.43. The van der Waals surface area contributed by atoms with E-state index < -0.39 is 23.2 Å². The summed E-state index contributed by atoms with van der Waals surface area (Å²) in [5, 5.41) is 7.19. The van der Waals surface area contributed by atoms with Crippen LogP contribution in [0.25, 0.3) is 0 Å². The Kier molecular flexibility index (Phi) is 4.21. The Balaban J connectivity index is 2.29. The molecule has 2 aromatic rings. The minimum absolute atomic E-state index is 0.0208. The summed E-state index contributed by atoms with van der Waals surface area (Å²) in [5.41, 5.74) is 6.29. The zero-order valence-electron chi connectivity index (χ0n) is 11.8. The summed E-state index contributed by atoms with van der Waals surface area (Å²) in [5.74, 6) is -1.99. The average molecular weight is 290 g/mol. The molecule has 0 heterocycles. The maximum atomic E-state index is 13.8. The molecule has 0 bridgehead atoms. The van der Waals surface area contributed by atoms with E-state index in [-0.39, 0.29) is 5.56 Å². The lowest BCUT2D eigenvalue weighted by Gasteiger charge is -2.11. The monoisotopic (exact) mass is 290 g/mol. The molecule has 110 valence electrons. The van der Waals surface area contributed by atoms with E-state index in [1.165, 1.54) is 0 Å². The molecule has 2 rings (SSSR count). The van der Waals surface area contributed by atoms with Crippen LogP contribution in [0.3, 0.4) is 0 Å². The first-order chi connectivity index (χ1) is 9.88. The van der Waals surface area contributed by atoms with E-state index in [1.54, 1.807) is 12.1 Å². The summed E-state index contributed by atoms with van der Waals surface area (Å²) in [6.45, 7) is 4.10. The molecule has 0 fully saturated rings. The molecular weight excluding hydrogens is 274 g/mol. The molecule has 5 heteroatoms. The van der Waals surface area contributed by atoms with Crippen LogP contribution >= 0.6 is 0 Å². The second kappa shape index (κ2) is 5.91. The molecule has 0 saturated heterocycles. The molecule has 0 radical (unpaired) electrons. The number of rotatable bonds is 4. The lowest BCUT2D eigenvalue weighted by Crippen LogP contribution is -2.12. The highest BCUT2D eigenvalue weighted by Gasteiger charge is 2.15. The van der Waals surface area contributed by atoms with Gasteiger partial charge in [0, 0.05) is 5.56 Å². The van der Waals surface area contributed by atoms with Gasteiger partial charge in [-0.15, -0.1) is 0 Å². The first-order valence-electron chi connectivity index (χ1n) is 6.49. The third kappa shape index (κ3) is 3.37.